The number of hydrogen-bond donors (Lipinski definition) is 0. The second kappa shape index (κ2) is 9.05. The molecule has 7 heteroatoms. The van der Waals surface area contributed by atoms with Gasteiger partial charge in [-0.1, -0.05) is 36.4 Å². The number of aromatic nitrogens is 5. The van der Waals surface area contributed by atoms with Crippen LogP contribution in [0, 0.1) is 0 Å². The van der Waals surface area contributed by atoms with Gasteiger partial charge in [0.25, 0.3) is 0 Å². The predicted molar refractivity (Wildman–Crippen MR) is 113 cm³/mol. The Morgan fingerprint density at radius 2 is 1.90 bits per heavy atom. The van der Waals surface area contributed by atoms with Crippen molar-refractivity contribution in [2.45, 2.75) is 38.5 Å². The lowest BCUT2D eigenvalue weighted by atomic mass is 9.93. The molecule has 0 N–H and O–H groups in total. The monoisotopic (exact) mass is 392 g/mol. The molecule has 1 aromatic carbocycles. The summed E-state index contributed by atoms with van der Waals surface area (Å²) < 4.78 is 9.99. The lowest BCUT2D eigenvalue weighted by molar-refractivity contribution is 0.0994. The smallest absolute Gasteiger partial charge is 0.227 e. The van der Waals surface area contributed by atoms with Crippen LogP contribution in [0.2, 0.25) is 0 Å². The molecule has 3 heterocycles. The molecule has 152 valence electrons. The number of benzene rings is 1. The van der Waals surface area contributed by atoms with E-state index in [-0.39, 0.29) is 0 Å². The molecule has 0 atom stereocenters. The molecular formula is C22H28N6O. The van der Waals surface area contributed by atoms with Gasteiger partial charge in [0.05, 0.1) is 6.61 Å². The number of rotatable bonds is 8. The lowest BCUT2D eigenvalue weighted by Crippen LogP contribution is -2.35. The van der Waals surface area contributed by atoms with Gasteiger partial charge in [-0.05, 0) is 24.5 Å². The molecule has 7 nitrogen and oxygen atoms in total. The number of aryl methyl sites for hydroxylation is 1. The maximum atomic E-state index is 5.89. The number of anilines is 1. The molecule has 0 unspecified atom stereocenters. The van der Waals surface area contributed by atoms with Crippen LogP contribution in [0.3, 0.4) is 0 Å². The second-order valence-corrected chi connectivity index (χ2v) is 7.43. The fourth-order valence-electron chi connectivity index (χ4n) is 3.98. The summed E-state index contributed by atoms with van der Waals surface area (Å²) in [4.78, 5) is 2.32. The van der Waals surface area contributed by atoms with Crippen molar-refractivity contribution in [3.63, 3.8) is 0 Å². The summed E-state index contributed by atoms with van der Waals surface area (Å²) in [5, 5.41) is 13.2. The highest BCUT2D eigenvalue weighted by molar-refractivity contribution is 5.33. The van der Waals surface area contributed by atoms with Crippen molar-refractivity contribution in [1.29, 1.82) is 0 Å². The molecule has 1 saturated heterocycles. The largest absolute Gasteiger partial charge is 0.369 e. The van der Waals surface area contributed by atoms with E-state index in [1.165, 1.54) is 5.69 Å². The van der Waals surface area contributed by atoms with E-state index in [2.05, 4.69) is 49.5 Å². The third-order valence-electron chi connectivity index (χ3n) is 5.52. The Labute approximate surface area is 171 Å². The minimum atomic E-state index is 0.432. The Morgan fingerprint density at radius 1 is 1.10 bits per heavy atom. The van der Waals surface area contributed by atoms with Gasteiger partial charge in [-0.15, -0.1) is 16.8 Å². The number of hydrogen-bond acceptors (Lipinski definition) is 5. The zero-order valence-electron chi connectivity index (χ0n) is 16.9. The quantitative estimate of drug-likeness (QED) is 0.551. The first kappa shape index (κ1) is 19.4. The van der Waals surface area contributed by atoms with E-state index in [1.54, 1.807) is 0 Å². The van der Waals surface area contributed by atoms with Crippen LogP contribution < -0.4 is 4.90 Å². The molecule has 0 bridgehead atoms. The molecule has 3 aromatic rings. The minimum Gasteiger partial charge on any atom is -0.369 e. The molecule has 0 saturated carbocycles. The summed E-state index contributed by atoms with van der Waals surface area (Å²) in [5.41, 5.74) is 2.46. The molecule has 1 aliphatic heterocycles. The summed E-state index contributed by atoms with van der Waals surface area (Å²) in [7, 11) is 2.02. The van der Waals surface area contributed by atoms with Crippen LogP contribution in [0.1, 0.15) is 35.8 Å². The molecule has 4 rings (SSSR count). The first-order chi connectivity index (χ1) is 14.3. The highest BCUT2D eigenvalue weighted by atomic mass is 16.5. The van der Waals surface area contributed by atoms with Crippen LogP contribution >= 0.6 is 0 Å². The molecule has 1 fully saturated rings. The summed E-state index contributed by atoms with van der Waals surface area (Å²) in [5.74, 6) is 2.29. The van der Waals surface area contributed by atoms with Crippen LogP contribution in [-0.2, 0) is 31.5 Å². The fraction of sp³-hybridized carbons (Fsp3) is 0.409. The van der Waals surface area contributed by atoms with Gasteiger partial charge in [0.1, 0.15) is 6.61 Å². The van der Waals surface area contributed by atoms with Crippen LogP contribution in [-0.4, -0.2) is 37.6 Å². The van der Waals surface area contributed by atoms with Gasteiger partial charge in [0.2, 0.25) is 5.95 Å². The average Bonchev–Trinajstić information content (AvgIpc) is 3.36. The van der Waals surface area contributed by atoms with Gasteiger partial charge in [0.15, 0.2) is 5.82 Å². The van der Waals surface area contributed by atoms with Crippen molar-refractivity contribution in [3.8, 4) is 0 Å². The van der Waals surface area contributed by atoms with E-state index in [0.717, 1.165) is 43.3 Å². The van der Waals surface area contributed by atoms with E-state index in [4.69, 9.17) is 4.74 Å². The molecule has 29 heavy (non-hydrogen) atoms. The van der Waals surface area contributed by atoms with Gasteiger partial charge < -0.3 is 9.64 Å². The average molecular weight is 393 g/mol. The Hall–Kier alpha value is -2.93. The van der Waals surface area contributed by atoms with Gasteiger partial charge in [0, 0.05) is 44.5 Å². The maximum Gasteiger partial charge on any atom is 0.227 e. The highest BCUT2D eigenvalue weighted by Crippen LogP contribution is 2.29. The van der Waals surface area contributed by atoms with E-state index in [0.29, 0.717) is 25.7 Å². The van der Waals surface area contributed by atoms with E-state index in [9.17, 15) is 0 Å². The van der Waals surface area contributed by atoms with Crippen molar-refractivity contribution < 1.29 is 4.74 Å². The minimum absolute atomic E-state index is 0.432. The molecule has 0 spiro atoms. The molecule has 2 aromatic heterocycles. The Kier molecular flexibility index (Phi) is 6.05. The Bertz CT molecular complexity index is 924. The Morgan fingerprint density at radius 3 is 2.59 bits per heavy atom. The molecular weight excluding hydrogens is 364 g/mol. The molecule has 0 radical (unpaired) electrons. The summed E-state index contributed by atoms with van der Waals surface area (Å²) in [6, 6.07) is 12.3. The van der Waals surface area contributed by atoms with Crippen molar-refractivity contribution in [2.75, 3.05) is 18.0 Å². The van der Waals surface area contributed by atoms with Gasteiger partial charge >= 0.3 is 0 Å². The summed E-state index contributed by atoms with van der Waals surface area (Å²) in [6.45, 7) is 7.48. The number of allylic oxidation sites excluding steroid dienone is 1. The standard InChI is InChI=1S/C22H28N6O/c1-3-13-28-21(17-29-16-18-7-5-4-6-8-18)24-25-22(28)27-14-10-19(11-15-27)20-9-12-23-26(20)2/h3-9,12,19H,1,10-11,13-17H2,2H3. The van der Waals surface area contributed by atoms with Crippen LogP contribution in [0.5, 0.6) is 0 Å². The van der Waals surface area contributed by atoms with Crippen LogP contribution in [0.15, 0.2) is 55.3 Å². The zero-order chi connectivity index (χ0) is 20.1. The van der Waals surface area contributed by atoms with E-state index >= 15 is 0 Å². The Balaban J connectivity index is 1.40. The van der Waals surface area contributed by atoms with Gasteiger partial charge in [-0.3, -0.25) is 9.25 Å². The van der Waals surface area contributed by atoms with Crippen LogP contribution in [0.4, 0.5) is 5.95 Å². The van der Waals surface area contributed by atoms with Crippen molar-refractivity contribution in [2.24, 2.45) is 7.05 Å². The number of ether oxygens (including phenoxy) is 1. The van der Waals surface area contributed by atoms with Crippen molar-refractivity contribution >= 4 is 5.95 Å². The van der Waals surface area contributed by atoms with Gasteiger partial charge in [-0.25, -0.2) is 0 Å². The van der Waals surface area contributed by atoms with Gasteiger partial charge in [-0.2, -0.15) is 5.10 Å². The van der Waals surface area contributed by atoms with Crippen LogP contribution in [0.25, 0.3) is 0 Å². The molecule has 0 aliphatic carbocycles. The first-order valence-electron chi connectivity index (χ1n) is 10.1. The predicted octanol–water partition coefficient (Wildman–Crippen LogP) is 3.30. The summed E-state index contributed by atoms with van der Waals surface area (Å²) >= 11 is 0. The van der Waals surface area contributed by atoms with E-state index < -0.39 is 0 Å². The zero-order valence-corrected chi connectivity index (χ0v) is 16.9. The lowest BCUT2D eigenvalue weighted by Gasteiger charge is -2.32. The third kappa shape index (κ3) is 4.40. The third-order valence-corrected chi connectivity index (χ3v) is 5.52. The number of nitrogens with zero attached hydrogens (tertiary/aromatic N) is 6. The van der Waals surface area contributed by atoms with E-state index in [1.807, 2.05) is 42.2 Å². The first-order valence-corrected chi connectivity index (χ1v) is 10.1. The maximum absolute atomic E-state index is 5.89. The molecule has 0 amide bonds. The van der Waals surface area contributed by atoms with Crippen molar-refractivity contribution in [1.82, 2.24) is 24.5 Å². The topological polar surface area (TPSA) is 61.0 Å². The fourth-order valence-corrected chi connectivity index (χ4v) is 3.98. The van der Waals surface area contributed by atoms with Crippen molar-refractivity contribution in [3.05, 3.63) is 72.3 Å². The number of piperidine rings is 1. The SMILES string of the molecule is C=CCn1c(COCc2ccccc2)nnc1N1CCC(c2ccnn2C)CC1. The summed E-state index contributed by atoms with van der Waals surface area (Å²) in [6.07, 6.45) is 5.93. The second-order valence-electron chi connectivity index (χ2n) is 7.43. The normalized spacial score (nSPS) is 15.0. The highest BCUT2D eigenvalue weighted by Gasteiger charge is 2.26. The molecule has 1 aliphatic rings.